The Morgan fingerprint density at radius 2 is 2.16 bits per heavy atom. The number of rotatable bonds is 4. The Morgan fingerprint density at radius 3 is 3.04 bits per heavy atom. The van der Waals surface area contributed by atoms with Crippen LogP contribution < -0.4 is 0 Å². The van der Waals surface area contributed by atoms with Crippen LogP contribution in [0, 0.1) is 0 Å². The van der Waals surface area contributed by atoms with Crippen molar-refractivity contribution in [3.63, 3.8) is 0 Å². The zero-order valence-corrected chi connectivity index (χ0v) is 13.9. The number of amides is 1. The zero-order chi connectivity index (χ0) is 16.8. The van der Waals surface area contributed by atoms with Crippen LogP contribution in [0.5, 0.6) is 0 Å². The van der Waals surface area contributed by atoms with Gasteiger partial charge in [0.05, 0.1) is 12.5 Å². The minimum Gasteiger partial charge on any atom is -0.361 e. The van der Waals surface area contributed by atoms with Crippen LogP contribution in [-0.2, 0) is 11.2 Å². The van der Waals surface area contributed by atoms with Gasteiger partial charge in [0.25, 0.3) is 0 Å². The predicted molar refractivity (Wildman–Crippen MR) is 92.0 cm³/mol. The van der Waals surface area contributed by atoms with Gasteiger partial charge in [0.1, 0.15) is 0 Å². The van der Waals surface area contributed by atoms with Crippen LogP contribution in [0.25, 0.3) is 10.9 Å². The summed E-state index contributed by atoms with van der Waals surface area (Å²) in [6.45, 7) is 0.763. The monoisotopic (exact) mass is 336 g/mol. The number of aromatic amines is 1. The number of benzene rings is 1. The highest BCUT2D eigenvalue weighted by atomic mass is 16.5. The van der Waals surface area contributed by atoms with Crippen LogP contribution in [0.15, 0.2) is 35.0 Å². The number of nitrogens with zero attached hydrogens (tertiary/aromatic N) is 3. The van der Waals surface area contributed by atoms with E-state index in [9.17, 15) is 4.79 Å². The fraction of sp³-hybridized carbons (Fsp3) is 0.421. The van der Waals surface area contributed by atoms with E-state index in [4.69, 9.17) is 4.52 Å². The molecule has 3 heterocycles. The van der Waals surface area contributed by atoms with Crippen molar-refractivity contribution in [2.24, 2.45) is 0 Å². The Kier molecular flexibility index (Phi) is 3.36. The molecule has 0 bridgehead atoms. The molecule has 1 aliphatic carbocycles. The molecule has 1 saturated carbocycles. The summed E-state index contributed by atoms with van der Waals surface area (Å²) in [7, 11) is 0. The number of likely N-dealkylation sites (tertiary alicyclic amines) is 1. The molecule has 6 heteroatoms. The molecule has 1 aromatic carbocycles. The number of H-pyrrole nitrogens is 1. The van der Waals surface area contributed by atoms with E-state index in [1.54, 1.807) is 0 Å². The maximum Gasteiger partial charge on any atom is 0.229 e. The molecular formula is C19H20N4O2. The van der Waals surface area contributed by atoms with Gasteiger partial charge >= 0.3 is 0 Å². The molecule has 2 fully saturated rings. The Labute approximate surface area is 145 Å². The number of fused-ring (bicyclic) bond motifs is 1. The summed E-state index contributed by atoms with van der Waals surface area (Å²) in [5.74, 6) is 1.99. The molecule has 1 atom stereocenters. The summed E-state index contributed by atoms with van der Waals surface area (Å²) in [6.07, 6.45) is 6.49. The van der Waals surface area contributed by atoms with Crippen LogP contribution in [0.2, 0.25) is 0 Å². The minimum absolute atomic E-state index is 0.0473. The number of para-hydroxylation sites is 1. The first-order valence-corrected chi connectivity index (χ1v) is 8.97. The molecule has 0 radical (unpaired) electrons. The third-order valence-corrected chi connectivity index (χ3v) is 5.27. The van der Waals surface area contributed by atoms with Gasteiger partial charge < -0.3 is 14.4 Å². The van der Waals surface area contributed by atoms with Crippen LogP contribution in [0.3, 0.4) is 0 Å². The molecule has 1 amide bonds. The summed E-state index contributed by atoms with van der Waals surface area (Å²) in [5.41, 5.74) is 2.11. The largest absolute Gasteiger partial charge is 0.361 e. The first-order valence-electron chi connectivity index (χ1n) is 8.97. The minimum atomic E-state index is -0.0473. The van der Waals surface area contributed by atoms with Crippen molar-refractivity contribution in [3.05, 3.63) is 47.7 Å². The van der Waals surface area contributed by atoms with Crippen molar-refractivity contribution in [1.82, 2.24) is 20.0 Å². The van der Waals surface area contributed by atoms with Crippen molar-refractivity contribution >= 4 is 16.8 Å². The van der Waals surface area contributed by atoms with Gasteiger partial charge in [-0.1, -0.05) is 23.4 Å². The lowest BCUT2D eigenvalue weighted by Gasteiger charge is -2.22. The maximum atomic E-state index is 12.9. The summed E-state index contributed by atoms with van der Waals surface area (Å²) in [6, 6.07) is 8.03. The molecule has 25 heavy (non-hydrogen) atoms. The van der Waals surface area contributed by atoms with E-state index in [0.717, 1.165) is 54.6 Å². The zero-order valence-electron chi connectivity index (χ0n) is 13.9. The van der Waals surface area contributed by atoms with Gasteiger partial charge in [-0.05, 0) is 37.3 Å². The van der Waals surface area contributed by atoms with E-state index >= 15 is 0 Å². The van der Waals surface area contributed by atoms with Crippen molar-refractivity contribution in [2.75, 3.05) is 6.54 Å². The number of nitrogens with one attached hydrogen (secondary N) is 1. The normalized spacial score (nSPS) is 20.5. The van der Waals surface area contributed by atoms with Gasteiger partial charge in [0, 0.05) is 29.6 Å². The first-order chi connectivity index (χ1) is 12.3. The van der Waals surface area contributed by atoms with Crippen LogP contribution in [0.4, 0.5) is 0 Å². The van der Waals surface area contributed by atoms with Gasteiger partial charge in [0.2, 0.25) is 11.8 Å². The van der Waals surface area contributed by atoms with Gasteiger partial charge in [-0.2, -0.15) is 4.98 Å². The highest BCUT2D eigenvalue weighted by molar-refractivity contribution is 5.89. The third-order valence-electron chi connectivity index (χ3n) is 5.27. The van der Waals surface area contributed by atoms with Crippen LogP contribution in [-0.4, -0.2) is 32.5 Å². The second-order valence-electron chi connectivity index (χ2n) is 7.05. The van der Waals surface area contributed by atoms with Crippen LogP contribution in [0.1, 0.15) is 54.9 Å². The van der Waals surface area contributed by atoms with Gasteiger partial charge in [-0.15, -0.1) is 0 Å². The molecule has 2 aliphatic rings. The number of carbonyl (C=O) groups excluding carboxylic acids is 1. The Hall–Kier alpha value is -2.63. The van der Waals surface area contributed by atoms with Crippen molar-refractivity contribution in [1.29, 1.82) is 0 Å². The SMILES string of the molecule is O=C(Cc1c[nH]c2ccccc12)N1CCC[C@@H]1c1noc(C2CC2)n1. The van der Waals surface area contributed by atoms with E-state index in [0.29, 0.717) is 18.2 Å². The van der Waals surface area contributed by atoms with Crippen molar-refractivity contribution in [2.45, 2.75) is 44.1 Å². The van der Waals surface area contributed by atoms with Crippen molar-refractivity contribution in [3.8, 4) is 0 Å². The highest BCUT2D eigenvalue weighted by Gasteiger charge is 2.36. The second-order valence-corrected chi connectivity index (χ2v) is 7.05. The molecule has 5 rings (SSSR count). The maximum absolute atomic E-state index is 12.9. The Bertz CT molecular complexity index is 924. The lowest BCUT2D eigenvalue weighted by molar-refractivity contribution is -0.131. The summed E-state index contributed by atoms with van der Waals surface area (Å²) >= 11 is 0. The van der Waals surface area contributed by atoms with E-state index in [1.807, 2.05) is 29.3 Å². The van der Waals surface area contributed by atoms with E-state index in [2.05, 4.69) is 21.2 Å². The van der Waals surface area contributed by atoms with Crippen molar-refractivity contribution < 1.29 is 9.32 Å². The fourth-order valence-electron chi connectivity index (χ4n) is 3.75. The van der Waals surface area contributed by atoms with Gasteiger partial charge in [-0.3, -0.25) is 4.79 Å². The van der Waals surface area contributed by atoms with E-state index < -0.39 is 0 Å². The van der Waals surface area contributed by atoms with Gasteiger partial charge in [-0.25, -0.2) is 0 Å². The molecule has 1 N–H and O–H groups in total. The molecule has 0 unspecified atom stereocenters. The molecule has 6 nitrogen and oxygen atoms in total. The van der Waals surface area contributed by atoms with E-state index in [1.165, 1.54) is 0 Å². The Balaban J connectivity index is 1.36. The standard InChI is InChI=1S/C19H20N4O2/c24-17(10-13-11-20-15-5-2-1-4-14(13)15)23-9-3-6-16(23)18-21-19(25-22-18)12-7-8-12/h1-2,4-5,11-12,16,20H,3,6-10H2/t16-/m1/s1. The molecule has 0 spiro atoms. The average molecular weight is 336 g/mol. The second kappa shape index (κ2) is 5.72. The molecule has 1 aliphatic heterocycles. The first kappa shape index (κ1) is 14.7. The summed E-state index contributed by atoms with van der Waals surface area (Å²) < 4.78 is 5.39. The number of aromatic nitrogens is 3. The predicted octanol–water partition coefficient (Wildman–Crippen LogP) is 3.33. The molecular weight excluding hydrogens is 316 g/mol. The number of carbonyl (C=O) groups is 1. The smallest absolute Gasteiger partial charge is 0.229 e. The topological polar surface area (TPSA) is 75.0 Å². The fourth-order valence-corrected chi connectivity index (χ4v) is 3.75. The summed E-state index contributed by atoms with van der Waals surface area (Å²) in [4.78, 5) is 22.6. The lowest BCUT2D eigenvalue weighted by atomic mass is 10.1. The summed E-state index contributed by atoms with van der Waals surface area (Å²) in [5, 5.41) is 5.27. The third kappa shape index (κ3) is 2.62. The Morgan fingerprint density at radius 1 is 1.28 bits per heavy atom. The quantitative estimate of drug-likeness (QED) is 0.793. The van der Waals surface area contributed by atoms with Crippen LogP contribution >= 0.6 is 0 Å². The molecule has 128 valence electrons. The average Bonchev–Trinajstić information content (AvgIpc) is 3.04. The highest BCUT2D eigenvalue weighted by Crippen LogP contribution is 2.40. The molecule has 3 aromatic rings. The lowest BCUT2D eigenvalue weighted by Crippen LogP contribution is -2.32. The molecule has 1 saturated heterocycles. The molecule has 2 aromatic heterocycles. The number of hydrogen-bond donors (Lipinski definition) is 1. The van der Waals surface area contributed by atoms with Gasteiger partial charge in [0.15, 0.2) is 5.82 Å². The van der Waals surface area contributed by atoms with E-state index in [-0.39, 0.29) is 11.9 Å². The number of hydrogen-bond acceptors (Lipinski definition) is 4.